The molecule has 2 rings (SSSR count). The van der Waals surface area contributed by atoms with Gasteiger partial charge in [-0.25, -0.2) is 13.6 Å². The predicted octanol–water partition coefficient (Wildman–Crippen LogP) is 2.25. The molecule has 0 heterocycles. The highest BCUT2D eigenvalue weighted by Gasteiger charge is 2.11. The number of anilines is 1. The smallest absolute Gasteiger partial charge is 0.338 e. The Morgan fingerprint density at radius 3 is 2.35 bits per heavy atom. The highest BCUT2D eigenvalue weighted by atomic mass is 19.2. The number of aliphatic hydroxyl groups is 1. The number of carbonyl (C=O) groups is 2. The van der Waals surface area contributed by atoms with Crippen LogP contribution in [0.15, 0.2) is 42.5 Å². The molecule has 1 amide bonds. The molecule has 0 saturated carbocycles. The number of rotatable bonds is 5. The van der Waals surface area contributed by atoms with E-state index < -0.39 is 30.1 Å². The maximum absolute atomic E-state index is 13.0. The van der Waals surface area contributed by atoms with Gasteiger partial charge in [-0.05, 0) is 29.8 Å². The van der Waals surface area contributed by atoms with E-state index in [2.05, 4.69) is 5.32 Å². The summed E-state index contributed by atoms with van der Waals surface area (Å²) in [5.41, 5.74) is 0.915. The van der Waals surface area contributed by atoms with Crippen LogP contribution in [0.25, 0.3) is 0 Å². The summed E-state index contributed by atoms with van der Waals surface area (Å²) in [5, 5.41) is 11.2. The van der Waals surface area contributed by atoms with E-state index in [1.54, 1.807) is 12.1 Å². The zero-order valence-electron chi connectivity index (χ0n) is 11.9. The summed E-state index contributed by atoms with van der Waals surface area (Å²) >= 11 is 0. The maximum Gasteiger partial charge on any atom is 0.338 e. The molecular formula is C16H13F2NO4. The van der Waals surface area contributed by atoms with Crippen molar-refractivity contribution >= 4 is 17.6 Å². The number of amides is 1. The van der Waals surface area contributed by atoms with Gasteiger partial charge in [-0.3, -0.25) is 4.79 Å². The van der Waals surface area contributed by atoms with Gasteiger partial charge in [-0.2, -0.15) is 0 Å². The molecule has 0 spiro atoms. The number of nitrogens with one attached hydrogen (secondary N) is 1. The SMILES string of the molecule is O=C(COC(=O)c1ccc(CO)cc1)Nc1ccc(F)c(F)c1. The summed E-state index contributed by atoms with van der Waals surface area (Å²) in [7, 11) is 0. The van der Waals surface area contributed by atoms with Crippen LogP contribution < -0.4 is 5.32 Å². The number of hydrogen-bond acceptors (Lipinski definition) is 4. The zero-order chi connectivity index (χ0) is 16.8. The third kappa shape index (κ3) is 4.58. The highest BCUT2D eigenvalue weighted by molar-refractivity contribution is 5.95. The summed E-state index contributed by atoms with van der Waals surface area (Å²) < 4.78 is 30.6. The fourth-order valence-corrected chi connectivity index (χ4v) is 1.73. The van der Waals surface area contributed by atoms with E-state index in [4.69, 9.17) is 9.84 Å². The van der Waals surface area contributed by atoms with Crippen LogP contribution in [0.1, 0.15) is 15.9 Å². The van der Waals surface area contributed by atoms with E-state index in [0.717, 1.165) is 12.1 Å². The first-order valence-corrected chi connectivity index (χ1v) is 6.61. The summed E-state index contributed by atoms with van der Waals surface area (Å²) in [6.45, 7) is -0.717. The van der Waals surface area contributed by atoms with E-state index >= 15 is 0 Å². The lowest BCUT2D eigenvalue weighted by Gasteiger charge is -2.07. The molecule has 0 unspecified atom stereocenters. The van der Waals surface area contributed by atoms with Crippen LogP contribution in [0.4, 0.5) is 14.5 Å². The highest BCUT2D eigenvalue weighted by Crippen LogP contribution is 2.13. The molecule has 0 saturated heterocycles. The van der Waals surface area contributed by atoms with Gasteiger partial charge in [0.25, 0.3) is 5.91 Å². The molecule has 0 radical (unpaired) electrons. The molecule has 7 heteroatoms. The third-order valence-electron chi connectivity index (χ3n) is 2.91. The summed E-state index contributed by atoms with van der Waals surface area (Å²) in [5.74, 6) is -3.52. The second-order valence-electron chi connectivity index (χ2n) is 4.61. The van der Waals surface area contributed by atoms with Crippen molar-refractivity contribution < 1.29 is 28.2 Å². The Morgan fingerprint density at radius 2 is 1.74 bits per heavy atom. The zero-order valence-corrected chi connectivity index (χ0v) is 11.9. The van der Waals surface area contributed by atoms with Crippen LogP contribution >= 0.6 is 0 Å². The first-order chi connectivity index (χ1) is 11.0. The molecule has 0 fully saturated rings. The average Bonchev–Trinajstić information content (AvgIpc) is 2.56. The Kier molecular flexibility index (Phi) is 5.37. The van der Waals surface area contributed by atoms with Crippen molar-refractivity contribution in [3.05, 3.63) is 65.2 Å². The minimum Gasteiger partial charge on any atom is -0.452 e. The van der Waals surface area contributed by atoms with Gasteiger partial charge in [0.2, 0.25) is 0 Å². The normalized spacial score (nSPS) is 10.2. The molecule has 2 aromatic rings. The second kappa shape index (κ2) is 7.46. The lowest BCUT2D eigenvalue weighted by atomic mass is 10.1. The average molecular weight is 321 g/mol. The van der Waals surface area contributed by atoms with Crippen LogP contribution in [0, 0.1) is 11.6 Å². The van der Waals surface area contributed by atoms with Crippen molar-refractivity contribution in [2.45, 2.75) is 6.61 Å². The summed E-state index contributed by atoms with van der Waals surface area (Å²) in [6.07, 6.45) is 0. The maximum atomic E-state index is 13.0. The van der Waals surface area contributed by atoms with Crippen molar-refractivity contribution in [3.63, 3.8) is 0 Å². The molecule has 0 aromatic heterocycles. The number of hydrogen-bond donors (Lipinski definition) is 2. The van der Waals surface area contributed by atoms with Crippen LogP contribution in [0.2, 0.25) is 0 Å². The molecule has 2 aromatic carbocycles. The second-order valence-corrected chi connectivity index (χ2v) is 4.61. The Bertz CT molecular complexity index is 717. The number of esters is 1. The minimum absolute atomic E-state index is 0.0530. The first kappa shape index (κ1) is 16.6. The van der Waals surface area contributed by atoms with Gasteiger partial charge in [0.1, 0.15) is 0 Å². The molecular weight excluding hydrogens is 308 g/mol. The van der Waals surface area contributed by atoms with Crippen molar-refractivity contribution in [3.8, 4) is 0 Å². The van der Waals surface area contributed by atoms with Crippen LogP contribution in [0.3, 0.4) is 0 Å². The number of halogens is 2. The standard InChI is InChI=1S/C16H13F2NO4/c17-13-6-5-12(7-14(13)18)19-15(21)9-23-16(22)11-3-1-10(8-20)2-4-11/h1-7,20H,8-9H2,(H,19,21). The van der Waals surface area contributed by atoms with E-state index in [-0.39, 0.29) is 17.9 Å². The molecule has 0 atom stereocenters. The Morgan fingerprint density at radius 1 is 1.04 bits per heavy atom. The number of ether oxygens (including phenoxy) is 1. The van der Waals surface area contributed by atoms with E-state index in [9.17, 15) is 18.4 Å². The number of benzene rings is 2. The van der Waals surface area contributed by atoms with Gasteiger partial charge in [0, 0.05) is 11.8 Å². The van der Waals surface area contributed by atoms with Crippen LogP contribution in [-0.2, 0) is 16.1 Å². The first-order valence-electron chi connectivity index (χ1n) is 6.61. The largest absolute Gasteiger partial charge is 0.452 e. The van der Waals surface area contributed by atoms with Crippen molar-refractivity contribution in [2.24, 2.45) is 0 Å². The fourth-order valence-electron chi connectivity index (χ4n) is 1.73. The van der Waals surface area contributed by atoms with Crippen molar-refractivity contribution in [1.82, 2.24) is 0 Å². The molecule has 0 aliphatic heterocycles. The Hall–Kier alpha value is -2.80. The fraction of sp³-hybridized carbons (Fsp3) is 0.125. The lowest BCUT2D eigenvalue weighted by Crippen LogP contribution is -2.21. The molecule has 23 heavy (non-hydrogen) atoms. The van der Waals surface area contributed by atoms with Crippen molar-refractivity contribution in [1.29, 1.82) is 0 Å². The Balaban J connectivity index is 1.87. The predicted molar refractivity (Wildman–Crippen MR) is 77.6 cm³/mol. The summed E-state index contributed by atoms with van der Waals surface area (Å²) in [4.78, 5) is 23.3. The molecule has 0 bridgehead atoms. The van der Waals surface area contributed by atoms with E-state index in [0.29, 0.717) is 5.56 Å². The van der Waals surface area contributed by atoms with Gasteiger partial charge in [0.05, 0.1) is 12.2 Å². The van der Waals surface area contributed by atoms with Gasteiger partial charge in [-0.1, -0.05) is 12.1 Å². The lowest BCUT2D eigenvalue weighted by molar-refractivity contribution is -0.119. The molecule has 2 N–H and O–H groups in total. The topological polar surface area (TPSA) is 75.6 Å². The number of carbonyl (C=O) groups excluding carboxylic acids is 2. The molecule has 120 valence electrons. The van der Waals surface area contributed by atoms with Gasteiger partial charge in [-0.15, -0.1) is 0 Å². The van der Waals surface area contributed by atoms with E-state index in [1.807, 2.05) is 0 Å². The van der Waals surface area contributed by atoms with E-state index in [1.165, 1.54) is 18.2 Å². The van der Waals surface area contributed by atoms with Gasteiger partial charge < -0.3 is 15.2 Å². The van der Waals surface area contributed by atoms with Crippen LogP contribution in [0.5, 0.6) is 0 Å². The molecule has 0 aliphatic rings. The molecule has 0 aliphatic carbocycles. The monoisotopic (exact) mass is 321 g/mol. The number of aliphatic hydroxyl groups excluding tert-OH is 1. The third-order valence-corrected chi connectivity index (χ3v) is 2.91. The van der Waals surface area contributed by atoms with Gasteiger partial charge in [0.15, 0.2) is 18.2 Å². The quantitative estimate of drug-likeness (QED) is 0.828. The van der Waals surface area contributed by atoms with Gasteiger partial charge >= 0.3 is 5.97 Å². The summed E-state index contributed by atoms with van der Waals surface area (Å²) in [6, 6.07) is 8.91. The van der Waals surface area contributed by atoms with Crippen LogP contribution in [-0.4, -0.2) is 23.6 Å². The van der Waals surface area contributed by atoms with Crippen molar-refractivity contribution in [2.75, 3.05) is 11.9 Å². The minimum atomic E-state index is -1.09. The molecule has 5 nitrogen and oxygen atoms in total. The Labute approximate surface area is 130 Å².